The molecule has 166 valence electrons. The molecule has 1 aliphatic rings. The second-order valence-electron chi connectivity index (χ2n) is 10.3. The van der Waals surface area contributed by atoms with Gasteiger partial charge in [-0.1, -0.05) is 47.6 Å². The molecule has 1 aromatic carbocycles. The molecule has 6 heteroatoms. The molecule has 0 spiro atoms. The number of aromatic nitrogens is 1. The minimum atomic E-state index is -0.307. The number of amidine groups is 1. The third-order valence-corrected chi connectivity index (χ3v) is 5.61. The molecule has 0 fully saturated rings. The van der Waals surface area contributed by atoms with E-state index in [4.69, 9.17) is 10.1 Å². The van der Waals surface area contributed by atoms with Crippen LogP contribution in [0.25, 0.3) is 0 Å². The number of phenolic OH excluding ortho intramolecular Hbond substituents is 1. The van der Waals surface area contributed by atoms with Crippen LogP contribution >= 0.6 is 0 Å². The van der Waals surface area contributed by atoms with Crippen molar-refractivity contribution in [2.24, 2.45) is 0 Å². The Morgan fingerprint density at radius 3 is 2.23 bits per heavy atom. The molecule has 0 bridgehead atoms. The Balaban J connectivity index is 1.91. The Bertz CT molecular complexity index is 994. The van der Waals surface area contributed by atoms with Crippen molar-refractivity contribution in [3.05, 3.63) is 57.9 Å². The van der Waals surface area contributed by atoms with E-state index in [2.05, 4.69) is 4.98 Å². The van der Waals surface area contributed by atoms with Gasteiger partial charge in [0.05, 0.1) is 18.8 Å². The highest BCUT2D eigenvalue weighted by molar-refractivity contribution is 6.04. The lowest BCUT2D eigenvalue weighted by Gasteiger charge is -2.28. The highest BCUT2D eigenvalue weighted by atomic mass is 16.5. The van der Waals surface area contributed by atoms with Crippen LogP contribution in [0.3, 0.4) is 0 Å². The number of carbonyl (C=O) groups excluding carboxylic acids is 1. The predicted octanol–water partition coefficient (Wildman–Crippen LogP) is 4.55. The third-order valence-electron chi connectivity index (χ3n) is 5.61. The molecule has 2 aromatic rings. The van der Waals surface area contributed by atoms with E-state index < -0.39 is 0 Å². The number of nitrogens with one attached hydrogen (secondary N) is 1. The van der Waals surface area contributed by atoms with Crippen LogP contribution in [0.2, 0.25) is 0 Å². The van der Waals surface area contributed by atoms with Gasteiger partial charge in [0, 0.05) is 35.9 Å². The molecule has 2 N–H and O–H groups in total. The van der Waals surface area contributed by atoms with Crippen LogP contribution in [-0.4, -0.2) is 40.3 Å². The summed E-state index contributed by atoms with van der Waals surface area (Å²) in [5.74, 6) is 0.436. The first-order chi connectivity index (χ1) is 14.3. The Labute approximate surface area is 184 Å². The van der Waals surface area contributed by atoms with E-state index in [9.17, 15) is 9.90 Å². The molecule has 0 saturated carbocycles. The van der Waals surface area contributed by atoms with Crippen LogP contribution in [0, 0.1) is 5.41 Å². The average Bonchev–Trinajstić information content (AvgIpc) is 2.95. The first-order valence-corrected chi connectivity index (χ1v) is 10.6. The van der Waals surface area contributed by atoms with Gasteiger partial charge in [0.1, 0.15) is 17.3 Å². The standard InChI is InChI=1S/C25H33N3O3/c1-24(2,3)18-10-16(11-19(22(18)30)25(4,5)6)20(29)13-28-12-15-8-9-17(14-31-7)27-21(15)23(28)26/h8-11,26,30H,12-14H2,1-7H3. The molecule has 3 rings (SSSR count). The van der Waals surface area contributed by atoms with Gasteiger partial charge < -0.3 is 14.7 Å². The van der Waals surface area contributed by atoms with Crippen molar-refractivity contribution >= 4 is 11.6 Å². The second-order valence-corrected chi connectivity index (χ2v) is 10.3. The third kappa shape index (κ3) is 4.64. The topological polar surface area (TPSA) is 86.5 Å². The number of Topliss-reactive ketones (excluding diaryl/α,β-unsaturated/α-hetero) is 1. The van der Waals surface area contributed by atoms with Gasteiger partial charge in [-0.3, -0.25) is 10.2 Å². The summed E-state index contributed by atoms with van der Waals surface area (Å²) < 4.78 is 5.14. The molecule has 0 atom stereocenters. The lowest BCUT2D eigenvalue weighted by atomic mass is 9.78. The van der Waals surface area contributed by atoms with E-state index in [0.717, 1.165) is 22.4 Å². The highest BCUT2D eigenvalue weighted by Gasteiger charge is 2.31. The van der Waals surface area contributed by atoms with Gasteiger partial charge >= 0.3 is 0 Å². The highest BCUT2D eigenvalue weighted by Crippen LogP contribution is 2.40. The SMILES string of the molecule is COCc1ccc2c(n1)C(=N)N(CC(=O)c1cc(C(C)(C)C)c(O)c(C(C)(C)C)c1)C2. The number of nitrogens with zero attached hydrogens (tertiary/aromatic N) is 2. The van der Waals surface area contributed by atoms with Crippen LogP contribution in [0.4, 0.5) is 0 Å². The first kappa shape index (κ1) is 22.9. The largest absolute Gasteiger partial charge is 0.507 e. The number of phenols is 1. The Kier molecular flexibility index (Phi) is 5.98. The van der Waals surface area contributed by atoms with E-state index >= 15 is 0 Å². The summed E-state index contributed by atoms with van der Waals surface area (Å²) in [5.41, 5.74) is 3.78. The Morgan fingerprint density at radius 2 is 1.71 bits per heavy atom. The maximum atomic E-state index is 13.3. The van der Waals surface area contributed by atoms with Gasteiger partial charge in [-0.05, 0) is 29.0 Å². The van der Waals surface area contributed by atoms with Crippen molar-refractivity contribution in [1.82, 2.24) is 9.88 Å². The number of methoxy groups -OCH3 is 1. The normalized spacial score (nSPS) is 14.2. The summed E-state index contributed by atoms with van der Waals surface area (Å²) in [5, 5.41) is 19.4. The number of hydrogen-bond acceptors (Lipinski definition) is 5. The van der Waals surface area contributed by atoms with Crippen LogP contribution in [0.5, 0.6) is 5.75 Å². The van der Waals surface area contributed by atoms with E-state index in [0.29, 0.717) is 24.4 Å². The molecule has 1 aromatic heterocycles. The summed E-state index contributed by atoms with van der Waals surface area (Å²) in [6.07, 6.45) is 0. The van der Waals surface area contributed by atoms with Gasteiger partial charge in [-0.15, -0.1) is 0 Å². The van der Waals surface area contributed by atoms with E-state index in [1.807, 2.05) is 53.7 Å². The second kappa shape index (κ2) is 8.08. The van der Waals surface area contributed by atoms with Gasteiger partial charge in [0.2, 0.25) is 0 Å². The zero-order chi connectivity index (χ0) is 23.1. The monoisotopic (exact) mass is 423 g/mol. The van der Waals surface area contributed by atoms with Crippen molar-refractivity contribution in [1.29, 1.82) is 5.41 Å². The van der Waals surface area contributed by atoms with Crippen LogP contribution < -0.4 is 0 Å². The molecular formula is C25H33N3O3. The van der Waals surface area contributed by atoms with Crippen molar-refractivity contribution in [2.45, 2.75) is 65.5 Å². The lowest BCUT2D eigenvalue weighted by Crippen LogP contribution is -2.31. The number of aromatic hydroxyl groups is 1. The van der Waals surface area contributed by atoms with Crippen molar-refractivity contribution in [3.8, 4) is 5.75 Å². The first-order valence-electron chi connectivity index (χ1n) is 10.6. The van der Waals surface area contributed by atoms with Gasteiger partial charge in [0.15, 0.2) is 5.78 Å². The van der Waals surface area contributed by atoms with Gasteiger partial charge in [0.25, 0.3) is 0 Å². The minimum Gasteiger partial charge on any atom is -0.507 e. The zero-order valence-electron chi connectivity index (χ0n) is 19.6. The van der Waals surface area contributed by atoms with E-state index in [1.54, 1.807) is 24.1 Å². The molecule has 1 aliphatic heterocycles. The zero-order valence-corrected chi connectivity index (χ0v) is 19.6. The minimum absolute atomic E-state index is 0.0781. The Morgan fingerprint density at radius 1 is 1.13 bits per heavy atom. The number of fused-ring (bicyclic) bond motifs is 1. The van der Waals surface area contributed by atoms with Gasteiger partial charge in [-0.25, -0.2) is 4.98 Å². The van der Waals surface area contributed by atoms with Crippen molar-refractivity contribution in [3.63, 3.8) is 0 Å². The fraction of sp³-hybridized carbons (Fsp3) is 0.480. The fourth-order valence-electron chi connectivity index (χ4n) is 3.86. The summed E-state index contributed by atoms with van der Waals surface area (Å²) in [6.45, 7) is 13.1. The van der Waals surface area contributed by atoms with E-state index in [1.165, 1.54) is 0 Å². The quantitative estimate of drug-likeness (QED) is 0.689. The smallest absolute Gasteiger partial charge is 0.182 e. The predicted molar refractivity (Wildman–Crippen MR) is 122 cm³/mol. The van der Waals surface area contributed by atoms with Crippen LogP contribution in [-0.2, 0) is 28.7 Å². The molecule has 0 radical (unpaired) electrons. The molecule has 31 heavy (non-hydrogen) atoms. The van der Waals surface area contributed by atoms with Crippen LogP contribution in [0.1, 0.15) is 80.0 Å². The molecule has 0 unspecified atom stereocenters. The summed E-state index contributed by atoms with van der Waals surface area (Å²) in [7, 11) is 1.61. The number of ketones is 1. The van der Waals surface area contributed by atoms with Crippen LogP contribution in [0.15, 0.2) is 24.3 Å². The average molecular weight is 424 g/mol. The number of carbonyl (C=O) groups is 1. The summed E-state index contributed by atoms with van der Waals surface area (Å²) in [6, 6.07) is 7.45. The number of benzene rings is 1. The molecule has 0 aliphatic carbocycles. The molecule has 2 heterocycles. The maximum Gasteiger partial charge on any atom is 0.182 e. The summed E-state index contributed by atoms with van der Waals surface area (Å²) in [4.78, 5) is 19.5. The number of pyridine rings is 1. The Hall–Kier alpha value is -2.73. The number of rotatable bonds is 5. The fourth-order valence-corrected chi connectivity index (χ4v) is 3.86. The van der Waals surface area contributed by atoms with Gasteiger partial charge in [-0.2, -0.15) is 0 Å². The molecular weight excluding hydrogens is 390 g/mol. The van der Waals surface area contributed by atoms with Crippen molar-refractivity contribution in [2.75, 3.05) is 13.7 Å². The number of ether oxygens (including phenoxy) is 1. The molecule has 6 nitrogen and oxygen atoms in total. The van der Waals surface area contributed by atoms with Crippen molar-refractivity contribution < 1.29 is 14.6 Å². The van der Waals surface area contributed by atoms with E-state index in [-0.39, 0.29) is 34.7 Å². The molecule has 0 amide bonds. The summed E-state index contributed by atoms with van der Waals surface area (Å²) >= 11 is 0. The number of hydrogen-bond donors (Lipinski definition) is 2. The lowest BCUT2D eigenvalue weighted by molar-refractivity contribution is 0.0962. The maximum absolute atomic E-state index is 13.3. The molecule has 0 saturated heterocycles.